The summed E-state index contributed by atoms with van der Waals surface area (Å²) in [5.41, 5.74) is 33.3. The number of thiazole rings is 1. The zero-order valence-corrected chi connectivity index (χ0v) is 61.3. The zero-order chi connectivity index (χ0) is 78.0. The Hall–Kier alpha value is -15.2. The van der Waals surface area contributed by atoms with Gasteiger partial charge in [-0.15, -0.1) is 24.2 Å². The van der Waals surface area contributed by atoms with Crippen LogP contribution < -0.4 is 36.7 Å². The van der Waals surface area contributed by atoms with Crippen LogP contribution in [0.1, 0.15) is 29.7 Å². The van der Waals surface area contributed by atoms with Crippen molar-refractivity contribution < 1.29 is 32.2 Å². The predicted molar refractivity (Wildman–Crippen MR) is 427 cm³/mol. The molecule has 29 heteroatoms. The first kappa shape index (κ1) is 70.7. The van der Waals surface area contributed by atoms with Crippen LogP contribution >= 0.6 is 11.3 Å². The van der Waals surface area contributed by atoms with E-state index in [0.717, 1.165) is 26.9 Å². The first-order valence-electron chi connectivity index (χ1n) is 35.0. The van der Waals surface area contributed by atoms with Gasteiger partial charge in [0.05, 0.1) is 61.8 Å². The molecule has 17 aromatic rings. The third-order valence-corrected chi connectivity index (χ3v) is 20.6. The molecule has 0 spiro atoms. The van der Waals surface area contributed by atoms with E-state index in [0.29, 0.717) is 145 Å². The van der Waals surface area contributed by atoms with Crippen molar-refractivity contribution in [3.8, 4) is 131 Å². The number of hydrogen-bond acceptors (Lipinski definition) is 21. The quantitative estimate of drug-likeness (QED) is 0.0407. The minimum Gasteiger partial charge on any atom is -0.496 e. The Kier molecular flexibility index (Phi) is 18.0. The molecule has 0 atom stereocenters. The van der Waals surface area contributed by atoms with Crippen LogP contribution in [0.25, 0.3) is 132 Å². The van der Waals surface area contributed by atoms with Crippen molar-refractivity contribution in [3.63, 3.8) is 0 Å². The molecule has 0 saturated heterocycles. The van der Waals surface area contributed by atoms with Crippen LogP contribution in [0, 0.1) is 42.1 Å². The van der Waals surface area contributed by atoms with Gasteiger partial charge < -0.3 is 55.0 Å². The summed E-state index contributed by atoms with van der Waals surface area (Å²) in [6.07, 6.45) is 22.6. The number of imidazole rings is 1. The molecular formula is C84H60F3N21O4S. The average molecular weight is 1520 g/mol. The first-order valence-corrected chi connectivity index (χ1v) is 35.8. The highest BCUT2D eigenvalue weighted by molar-refractivity contribution is 7.18. The van der Waals surface area contributed by atoms with Crippen molar-refractivity contribution in [2.75, 3.05) is 29.6 Å². The summed E-state index contributed by atoms with van der Waals surface area (Å²) in [6, 6.07) is 36.9. The van der Waals surface area contributed by atoms with Gasteiger partial charge in [-0.2, -0.15) is 9.97 Å². The number of carbonyl (C=O) groups excluding carboxylic acids is 1. The maximum atomic E-state index is 17.3. The third kappa shape index (κ3) is 12.9. The van der Waals surface area contributed by atoms with Gasteiger partial charge in [0.25, 0.3) is 5.91 Å². The molecule has 11 aromatic heterocycles. The standard InChI is InChI=1S/C84H60F3N21O4S/c1-8-44-32-47-10-11-50(35-58(47)93-38-44)73-66(48-16-22-61(56(86)33-48)111-83-91-28-24-53(102-83)26-30-107-72(45-14-20-52(21-15-45)101-81(109)43(3)4)68(71-77(90)97-42-100-80(71)107)64-39-94-82(113-64)46-12-18-51(85)19-13-46)70-76(89)96-41-99-79(70)108(73)31-27-54-25-29-92-84(103-54)112-62-23-17-49(34-57(62)87)67-69-75(88)95-40-98-78(69)106(6)74(67)55-36-59-60(37-63(55)110-7)105(5)65(9-2)104-59/h1-2,10-25,28-29,32-42H,3,26-27,30-31H2,4-7H3,(H,101,109)(H2,88,95,98)(H2,89,96,99)(H2,90,97,100). The molecule has 25 nitrogen and oxygen atoms in total. The number of benzene rings is 6. The number of ether oxygens (including phenoxy) is 3. The Labute approximate surface area is 644 Å². The van der Waals surface area contributed by atoms with E-state index < -0.39 is 11.6 Å². The summed E-state index contributed by atoms with van der Waals surface area (Å²) in [5, 5.41) is 5.78. The Morgan fingerprint density at radius 3 is 1.69 bits per heavy atom. The second kappa shape index (κ2) is 28.7. The van der Waals surface area contributed by atoms with Crippen LogP contribution in [0.4, 0.5) is 36.3 Å². The Bertz CT molecular complexity index is 6880. The lowest BCUT2D eigenvalue weighted by atomic mass is 9.97. The molecule has 552 valence electrons. The maximum Gasteiger partial charge on any atom is 0.322 e. The number of nitrogens with two attached hydrogens (primary N) is 3. The molecule has 0 aliphatic rings. The first-order chi connectivity index (χ1) is 54.9. The molecule has 0 aliphatic heterocycles. The summed E-state index contributed by atoms with van der Waals surface area (Å²) in [7, 11) is 5.20. The number of aromatic nitrogens is 17. The fourth-order valence-corrected chi connectivity index (χ4v) is 15.2. The molecule has 7 N–H and O–H groups in total. The van der Waals surface area contributed by atoms with Crippen molar-refractivity contribution >= 4 is 95.4 Å². The van der Waals surface area contributed by atoms with Gasteiger partial charge in [-0.3, -0.25) is 9.78 Å². The van der Waals surface area contributed by atoms with E-state index in [1.165, 1.54) is 79.1 Å². The Morgan fingerprint density at radius 1 is 0.549 bits per heavy atom. The summed E-state index contributed by atoms with van der Waals surface area (Å²) in [4.78, 5) is 73.3. The number of nitrogens with one attached hydrogen (secondary N) is 1. The minimum atomic E-state index is -0.762. The molecule has 0 radical (unpaired) electrons. The molecule has 0 bridgehead atoms. The van der Waals surface area contributed by atoms with Gasteiger partial charge in [0, 0.05) is 138 Å². The van der Waals surface area contributed by atoms with Crippen molar-refractivity contribution in [2.45, 2.75) is 32.9 Å². The van der Waals surface area contributed by atoms with Crippen molar-refractivity contribution in [1.82, 2.24) is 83.1 Å². The van der Waals surface area contributed by atoms with Gasteiger partial charge in [-0.05, 0) is 121 Å². The monoisotopic (exact) mass is 1520 g/mol. The average Bonchev–Trinajstić information content (AvgIpc) is 1.60. The number of aryl methyl sites for hydroxylation is 6. The number of pyridine rings is 1. The molecule has 0 aliphatic carbocycles. The Balaban J connectivity index is 0.674. The van der Waals surface area contributed by atoms with Gasteiger partial charge >= 0.3 is 12.0 Å². The maximum absolute atomic E-state index is 17.3. The number of rotatable bonds is 20. The highest BCUT2D eigenvalue weighted by Crippen LogP contribution is 2.50. The van der Waals surface area contributed by atoms with Crippen molar-refractivity contribution in [3.05, 3.63) is 230 Å². The SMILES string of the molecule is C#Cc1cnc2cc(-c3c(-c4ccc(Oc5nccc(CCn6c(-c7ccc(NC(=O)C(=C)C)cc7)c(-c7cnc(-c8ccc(F)cc8)s7)c7c(N)ncnc76)n5)c(F)c4)c4c(N)ncnc4n3CCc3ccnc(Oc4ccc(-c5c(-c6cc7nc(C#C)n(C)c7cc6OC)n(C)c6ncnc(N)c56)cc4F)n3)ccc2c1. The number of carbonyl (C=O) groups is 1. The van der Waals surface area contributed by atoms with E-state index in [1.807, 2.05) is 76.3 Å². The van der Waals surface area contributed by atoms with E-state index in [9.17, 15) is 9.18 Å². The molecule has 0 saturated carbocycles. The number of halogens is 3. The highest BCUT2D eigenvalue weighted by Gasteiger charge is 2.31. The lowest BCUT2D eigenvalue weighted by Gasteiger charge is -2.15. The fourth-order valence-electron chi connectivity index (χ4n) is 14.2. The number of anilines is 4. The van der Waals surface area contributed by atoms with Gasteiger partial charge in [0.1, 0.15) is 70.0 Å². The summed E-state index contributed by atoms with van der Waals surface area (Å²) in [5.74, 6) is 4.16. The molecule has 113 heavy (non-hydrogen) atoms. The lowest BCUT2D eigenvalue weighted by Crippen LogP contribution is -2.11. The Morgan fingerprint density at radius 2 is 1.11 bits per heavy atom. The van der Waals surface area contributed by atoms with Crippen LogP contribution in [0.15, 0.2) is 189 Å². The van der Waals surface area contributed by atoms with Crippen LogP contribution in [0.3, 0.4) is 0 Å². The number of fused-ring (bicyclic) bond motifs is 5. The largest absolute Gasteiger partial charge is 0.496 e. The molecule has 17 rings (SSSR count). The van der Waals surface area contributed by atoms with E-state index in [-0.39, 0.29) is 78.6 Å². The topological polar surface area (TPSA) is 322 Å². The van der Waals surface area contributed by atoms with Gasteiger partial charge in [-0.1, -0.05) is 48.9 Å². The zero-order valence-electron chi connectivity index (χ0n) is 60.4. The number of methoxy groups -OCH3 is 1. The van der Waals surface area contributed by atoms with Crippen molar-refractivity contribution in [1.29, 1.82) is 0 Å². The van der Waals surface area contributed by atoms with Crippen molar-refractivity contribution in [2.24, 2.45) is 14.1 Å². The minimum absolute atomic E-state index is 0.117. The number of nitrogens with zero attached hydrogens (tertiary/aromatic N) is 17. The summed E-state index contributed by atoms with van der Waals surface area (Å²) < 4.78 is 74.2. The van der Waals surface area contributed by atoms with Crippen LogP contribution in [-0.2, 0) is 44.8 Å². The third-order valence-electron chi connectivity index (χ3n) is 19.5. The molecular weight excluding hydrogens is 1460 g/mol. The lowest BCUT2D eigenvalue weighted by molar-refractivity contribution is -0.112. The van der Waals surface area contributed by atoms with Gasteiger partial charge in [0.15, 0.2) is 29.0 Å². The molecule has 1 amide bonds. The molecule has 11 heterocycles. The second-order valence-electron chi connectivity index (χ2n) is 26.4. The van der Waals surface area contributed by atoms with E-state index in [2.05, 4.69) is 58.6 Å². The predicted octanol–water partition coefficient (Wildman–Crippen LogP) is 15.3. The number of terminal acetylenes is 2. The second-order valence-corrected chi connectivity index (χ2v) is 27.4. The van der Waals surface area contributed by atoms with Crippen LogP contribution in [0.2, 0.25) is 0 Å². The van der Waals surface area contributed by atoms with Crippen LogP contribution in [-0.4, -0.2) is 96.1 Å². The normalized spacial score (nSPS) is 11.4. The van der Waals surface area contributed by atoms with Gasteiger partial charge in [0.2, 0.25) is 0 Å². The summed E-state index contributed by atoms with van der Waals surface area (Å²) >= 11 is 1.39. The summed E-state index contributed by atoms with van der Waals surface area (Å²) in [6.45, 7) is 5.87. The highest BCUT2D eigenvalue weighted by atomic mass is 32.1. The van der Waals surface area contributed by atoms with E-state index in [4.69, 9.17) is 74.2 Å². The fraction of sp³-hybridized carbons (Fsp3) is 0.0952. The molecule has 6 aromatic carbocycles. The van der Waals surface area contributed by atoms with Crippen LogP contribution in [0.5, 0.6) is 29.3 Å². The number of hydrogen-bond donors (Lipinski definition) is 4. The number of amides is 1. The van der Waals surface area contributed by atoms with Gasteiger partial charge in [-0.25, -0.2) is 63.0 Å². The molecule has 0 unspecified atom stereocenters. The smallest absolute Gasteiger partial charge is 0.322 e. The van der Waals surface area contributed by atoms with E-state index in [1.54, 1.807) is 79.5 Å². The van der Waals surface area contributed by atoms with E-state index >= 15 is 8.78 Å². The molecule has 0 fully saturated rings. The number of nitrogen functional groups attached to an aromatic ring is 3.